The largest absolute Gasteiger partial charge is 0.493 e. The second-order valence-electron chi connectivity index (χ2n) is 13.6. The summed E-state index contributed by atoms with van der Waals surface area (Å²) in [4.78, 5) is 7.59. The molecule has 6 nitrogen and oxygen atoms in total. The molecule has 0 unspecified atom stereocenters. The van der Waals surface area contributed by atoms with Gasteiger partial charge in [0.05, 0.1) is 29.8 Å². The second kappa shape index (κ2) is 17.1. The molecule has 0 N–H and O–H groups in total. The van der Waals surface area contributed by atoms with Crippen molar-refractivity contribution in [3.8, 4) is 34.4 Å². The smallest absolute Gasteiger partial charge is 0.144 e. The van der Waals surface area contributed by atoms with Crippen molar-refractivity contribution in [2.24, 2.45) is 0 Å². The minimum Gasteiger partial charge on any atom is -0.493 e. The quantitative estimate of drug-likeness (QED) is 0.0914. The average molecular weight is 682 g/mol. The van der Waals surface area contributed by atoms with E-state index >= 15 is 0 Å². The van der Waals surface area contributed by atoms with Crippen molar-refractivity contribution in [1.29, 1.82) is 0 Å². The number of nitrogens with zero attached hydrogens (tertiary/aromatic N) is 3. The number of unbranched alkanes of at least 4 members (excludes halogenated alkanes) is 1. The summed E-state index contributed by atoms with van der Waals surface area (Å²) in [6, 6.07) is 28.6. The lowest BCUT2D eigenvalue weighted by molar-refractivity contribution is 0.248. The Labute approximate surface area is 298 Å². The molecule has 5 aromatic rings. The molecule has 0 saturated heterocycles. The van der Waals surface area contributed by atoms with Gasteiger partial charge in [-0.2, -0.15) is 0 Å². The fourth-order valence-corrected chi connectivity index (χ4v) is 6.04. The lowest BCUT2D eigenvalue weighted by atomic mass is 9.87. The molecule has 0 aliphatic rings. The van der Waals surface area contributed by atoms with Crippen LogP contribution in [0.25, 0.3) is 22.4 Å². The standard InChI is InChI=1S/C42H52ClN3O3/c1-7-10-26-46-39-29-36(49-34-18-14-32(15-19-34)42(4,5)6)21-23-38(39)44-41(46)37-22-20-35(47-28-24-31-12-16-33(43)17-13-31)30-40(37)48-27-11-25-45(8-2)9-3/h12-23,29-30H,7-11,24-28H2,1-6H3. The maximum absolute atomic E-state index is 6.54. The number of aryl methyl sites for hydroxylation is 1. The lowest BCUT2D eigenvalue weighted by Gasteiger charge is -2.19. The van der Waals surface area contributed by atoms with Gasteiger partial charge in [-0.05, 0) is 91.0 Å². The predicted molar refractivity (Wildman–Crippen MR) is 204 cm³/mol. The van der Waals surface area contributed by atoms with Crippen LogP contribution in [0, 0.1) is 0 Å². The van der Waals surface area contributed by atoms with E-state index in [9.17, 15) is 0 Å². The highest BCUT2D eigenvalue weighted by Crippen LogP contribution is 2.37. The Balaban J connectivity index is 1.43. The molecule has 5 rings (SSSR count). The average Bonchev–Trinajstić information content (AvgIpc) is 3.45. The monoisotopic (exact) mass is 681 g/mol. The minimum atomic E-state index is 0.0925. The van der Waals surface area contributed by atoms with Crippen LogP contribution in [0.15, 0.2) is 84.9 Å². The Hall–Kier alpha value is -4.00. The fourth-order valence-electron chi connectivity index (χ4n) is 5.92. The van der Waals surface area contributed by atoms with Crippen LogP contribution in [0.2, 0.25) is 5.02 Å². The molecular weight excluding hydrogens is 630 g/mol. The first-order valence-electron chi connectivity index (χ1n) is 17.8. The molecule has 49 heavy (non-hydrogen) atoms. The molecule has 7 heteroatoms. The summed E-state index contributed by atoms with van der Waals surface area (Å²) >= 11 is 6.07. The zero-order valence-electron chi connectivity index (χ0n) is 30.1. The summed E-state index contributed by atoms with van der Waals surface area (Å²) in [6.07, 6.45) is 3.83. The second-order valence-corrected chi connectivity index (χ2v) is 14.0. The van der Waals surface area contributed by atoms with Crippen LogP contribution < -0.4 is 14.2 Å². The van der Waals surface area contributed by atoms with Gasteiger partial charge in [-0.15, -0.1) is 0 Å². The van der Waals surface area contributed by atoms with Gasteiger partial charge < -0.3 is 23.7 Å². The number of halogens is 1. The van der Waals surface area contributed by atoms with E-state index in [1.807, 2.05) is 54.6 Å². The minimum absolute atomic E-state index is 0.0925. The summed E-state index contributed by atoms with van der Waals surface area (Å²) in [5.41, 5.74) is 5.49. The van der Waals surface area contributed by atoms with Gasteiger partial charge in [-0.1, -0.05) is 83.8 Å². The number of hydrogen-bond donors (Lipinski definition) is 0. The highest BCUT2D eigenvalue weighted by Gasteiger charge is 2.19. The molecule has 0 fully saturated rings. The van der Waals surface area contributed by atoms with Crippen LogP contribution in [0.4, 0.5) is 0 Å². The van der Waals surface area contributed by atoms with Gasteiger partial charge in [0.1, 0.15) is 28.8 Å². The van der Waals surface area contributed by atoms with Crippen LogP contribution in [0.3, 0.4) is 0 Å². The zero-order chi connectivity index (χ0) is 34.8. The zero-order valence-corrected chi connectivity index (χ0v) is 30.9. The lowest BCUT2D eigenvalue weighted by Crippen LogP contribution is -2.25. The van der Waals surface area contributed by atoms with Gasteiger partial charge in [0.2, 0.25) is 0 Å². The van der Waals surface area contributed by atoms with Gasteiger partial charge in [0.15, 0.2) is 0 Å². The molecule has 0 aliphatic heterocycles. The first kappa shape index (κ1) is 36.3. The number of aromatic nitrogens is 2. The van der Waals surface area contributed by atoms with E-state index in [1.54, 1.807) is 0 Å². The summed E-state index contributed by atoms with van der Waals surface area (Å²) in [5.74, 6) is 4.06. The van der Waals surface area contributed by atoms with Crippen LogP contribution >= 0.6 is 11.6 Å². The van der Waals surface area contributed by atoms with Gasteiger partial charge in [-0.25, -0.2) is 4.98 Å². The molecule has 1 heterocycles. The Morgan fingerprint density at radius 1 is 0.755 bits per heavy atom. The molecule has 0 saturated carbocycles. The third kappa shape index (κ3) is 9.80. The van der Waals surface area contributed by atoms with Crippen molar-refractivity contribution >= 4 is 22.6 Å². The SMILES string of the molecule is CCCCn1c(-c2ccc(OCCc3ccc(Cl)cc3)cc2OCCCN(CC)CC)nc2ccc(Oc3ccc(C(C)(C)C)cc3)cc21. The Bertz CT molecular complexity index is 1770. The van der Waals surface area contributed by atoms with Crippen LogP contribution in [0.1, 0.15) is 71.9 Å². The topological polar surface area (TPSA) is 48.8 Å². The Morgan fingerprint density at radius 2 is 1.47 bits per heavy atom. The summed E-state index contributed by atoms with van der Waals surface area (Å²) < 4.78 is 21.4. The number of ether oxygens (including phenoxy) is 3. The molecular formula is C42H52ClN3O3. The van der Waals surface area contributed by atoms with Gasteiger partial charge >= 0.3 is 0 Å². The van der Waals surface area contributed by atoms with E-state index in [2.05, 4.69) is 81.3 Å². The summed E-state index contributed by atoms with van der Waals surface area (Å²) in [6.45, 7) is 18.4. The Kier molecular flexibility index (Phi) is 12.7. The van der Waals surface area contributed by atoms with E-state index in [0.717, 1.165) is 102 Å². The molecule has 0 aliphatic carbocycles. The summed E-state index contributed by atoms with van der Waals surface area (Å²) in [7, 11) is 0. The number of fused-ring (bicyclic) bond motifs is 1. The van der Waals surface area contributed by atoms with Crippen LogP contribution in [-0.2, 0) is 18.4 Å². The van der Waals surface area contributed by atoms with Crippen molar-refractivity contribution in [2.75, 3.05) is 32.8 Å². The molecule has 0 atom stereocenters. The number of rotatable bonds is 17. The van der Waals surface area contributed by atoms with Crippen molar-refractivity contribution in [3.63, 3.8) is 0 Å². The Morgan fingerprint density at radius 3 is 2.16 bits per heavy atom. The number of hydrogen-bond acceptors (Lipinski definition) is 5. The highest BCUT2D eigenvalue weighted by molar-refractivity contribution is 6.30. The molecule has 260 valence electrons. The van der Waals surface area contributed by atoms with E-state index in [-0.39, 0.29) is 5.41 Å². The van der Waals surface area contributed by atoms with Crippen LogP contribution in [-0.4, -0.2) is 47.3 Å². The van der Waals surface area contributed by atoms with E-state index < -0.39 is 0 Å². The van der Waals surface area contributed by atoms with Gasteiger partial charge in [0.25, 0.3) is 0 Å². The third-order valence-corrected chi connectivity index (χ3v) is 9.20. The van der Waals surface area contributed by atoms with E-state index in [1.165, 1.54) is 11.1 Å². The molecule has 0 bridgehead atoms. The van der Waals surface area contributed by atoms with E-state index in [0.29, 0.717) is 13.2 Å². The van der Waals surface area contributed by atoms with Crippen molar-refractivity contribution in [2.45, 2.75) is 79.2 Å². The first-order chi connectivity index (χ1) is 23.7. The fraction of sp³-hybridized carbons (Fsp3) is 0.405. The van der Waals surface area contributed by atoms with Crippen molar-refractivity contribution in [3.05, 3.63) is 101 Å². The molecule has 0 amide bonds. The van der Waals surface area contributed by atoms with Crippen molar-refractivity contribution in [1.82, 2.24) is 14.5 Å². The predicted octanol–water partition coefficient (Wildman–Crippen LogP) is 11.0. The maximum Gasteiger partial charge on any atom is 0.144 e. The summed E-state index contributed by atoms with van der Waals surface area (Å²) in [5, 5.41) is 0.739. The van der Waals surface area contributed by atoms with Gasteiger partial charge in [0, 0.05) is 36.7 Å². The number of benzene rings is 4. The first-order valence-corrected chi connectivity index (χ1v) is 18.2. The third-order valence-electron chi connectivity index (χ3n) is 8.95. The number of imidazole rings is 1. The highest BCUT2D eigenvalue weighted by atomic mass is 35.5. The normalized spacial score (nSPS) is 11.8. The molecule has 0 radical (unpaired) electrons. The maximum atomic E-state index is 6.54. The van der Waals surface area contributed by atoms with Gasteiger partial charge in [-0.3, -0.25) is 0 Å². The molecule has 4 aromatic carbocycles. The molecule has 1 aromatic heterocycles. The molecule has 0 spiro atoms. The van der Waals surface area contributed by atoms with Crippen molar-refractivity contribution < 1.29 is 14.2 Å². The van der Waals surface area contributed by atoms with Crippen LogP contribution in [0.5, 0.6) is 23.0 Å². The van der Waals surface area contributed by atoms with E-state index in [4.69, 9.17) is 30.8 Å².